The summed E-state index contributed by atoms with van der Waals surface area (Å²) in [6.45, 7) is 7.04. The molecule has 0 radical (unpaired) electrons. The third-order valence-electron chi connectivity index (χ3n) is 3.11. The van der Waals surface area contributed by atoms with Gasteiger partial charge in [0.1, 0.15) is 0 Å². The Hall–Kier alpha value is -0.520. The lowest BCUT2D eigenvalue weighted by Gasteiger charge is -2.45. The van der Waals surface area contributed by atoms with Crippen molar-refractivity contribution >= 4 is 0 Å². The Labute approximate surface area is 69.0 Å². The molecular formula is C11H16. The largest absolute Gasteiger partial charge is 0.0802 e. The van der Waals surface area contributed by atoms with Crippen LogP contribution < -0.4 is 0 Å². The molecule has 0 heterocycles. The van der Waals surface area contributed by atoms with Gasteiger partial charge in [-0.3, -0.25) is 0 Å². The molecule has 3 aliphatic carbocycles. The van der Waals surface area contributed by atoms with Crippen LogP contribution in [0.2, 0.25) is 0 Å². The summed E-state index contributed by atoms with van der Waals surface area (Å²) in [6, 6.07) is 0. The minimum Gasteiger partial charge on any atom is -0.0802 e. The second-order valence-corrected chi connectivity index (χ2v) is 4.92. The van der Waals surface area contributed by atoms with Gasteiger partial charge in [-0.25, -0.2) is 0 Å². The van der Waals surface area contributed by atoms with E-state index in [1.54, 1.807) is 0 Å². The van der Waals surface area contributed by atoms with Gasteiger partial charge in [0.25, 0.3) is 0 Å². The van der Waals surface area contributed by atoms with E-state index in [1.165, 1.54) is 6.42 Å². The van der Waals surface area contributed by atoms with E-state index in [0.29, 0.717) is 16.7 Å². The molecule has 0 aromatic heterocycles. The average molecular weight is 148 g/mol. The molecule has 0 N–H and O–H groups in total. The first-order valence-electron chi connectivity index (χ1n) is 4.41. The van der Waals surface area contributed by atoms with Gasteiger partial charge in [-0.05, 0) is 17.8 Å². The molecule has 2 bridgehead atoms. The maximum Gasteiger partial charge on any atom is 0.00385 e. The number of allylic oxidation sites excluding steroid dienone is 4. The van der Waals surface area contributed by atoms with Crippen LogP contribution in [0.25, 0.3) is 0 Å². The van der Waals surface area contributed by atoms with Crippen LogP contribution >= 0.6 is 0 Å². The van der Waals surface area contributed by atoms with Crippen molar-refractivity contribution in [3.05, 3.63) is 24.3 Å². The summed E-state index contributed by atoms with van der Waals surface area (Å²) in [5.41, 5.74) is 0.844. The molecule has 11 heavy (non-hydrogen) atoms. The van der Waals surface area contributed by atoms with Crippen molar-refractivity contribution in [3.8, 4) is 0 Å². The minimum absolute atomic E-state index is 0.359. The Balaban J connectivity index is 2.43. The number of fused-ring (bicyclic) bond motifs is 1. The van der Waals surface area contributed by atoms with Crippen molar-refractivity contribution in [1.29, 1.82) is 0 Å². The van der Waals surface area contributed by atoms with E-state index in [0.717, 1.165) is 0 Å². The van der Waals surface area contributed by atoms with Crippen LogP contribution in [0, 0.1) is 16.7 Å². The van der Waals surface area contributed by atoms with Crippen LogP contribution in [0.5, 0.6) is 0 Å². The molecule has 0 heteroatoms. The fourth-order valence-corrected chi connectivity index (χ4v) is 2.51. The normalized spacial score (nSPS) is 44.8. The van der Waals surface area contributed by atoms with Crippen LogP contribution in [0.15, 0.2) is 24.3 Å². The van der Waals surface area contributed by atoms with Crippen molar-refractivity contribution in [3.63, 3.8) is 0 Å². The molecular weight excluding hydrogens is 132 g/mol. The summed E-state index contributed by atoms with van der Waals surface area (Å²) in [5.74, 6) is 0.685. The maximum absolute atomic E-state index is 2.36. The smallest absolute Gasteiger partial charge is 0.00385 e. The van der Waals surface area contributed by atoms with Gasteiger partial charge in [-0.1, -0.05) is 45.1 Å². The van der Waals surface area contributed by atoms with Crippen molar-refractivity contribution in [1.82, 2.24) is 0 Å². The topological polar surface area (TPSA) is 0 Å². The van der Waals surface area contributed by atoms with E-state index in [1.807, 2.05) is 0 Å². The summed E-state index contributed by atoms with van der Waals surface area (Å²) in [5, 5.41) is 0. The molecule has 0 saturated heterocycles. The summed E-state index contributed by atoms with van der Waals surface area (Å²) in [4.78, 5) is 0. The first-order valence-corrected chi connectivity index (χ1v) is 4.41. The molecule has 0 saturated carbocycles. The molecule has 3 aliphatic rings. The number of hydrogen-bond acceptors (Lipinski definition) is 0. The Kier molecular flexibility index (Phi) is 1.17. The fourth-order valence-electron chi connectivity index (χ4n) is 2.51. The zero-order valence-corrected chi connectivity index (χ0v) is 7.59. The highest BCUT2D eigenvalue weighted by atomic mass is 14.4. The first kappa shape index (κ1) is 7.15. The Bertz CT molecular complexity index is 216. The van der Waals surface area contributed by atoms with Crippen molar-refractivity contribution < 1.29 is 0 Å². The van der Waals surface area contributed by atoms with Gasteiger partial charge in [0.2, 0.25) is 0 Å². The van der Waals surface area contributed by atoms with E-state index in [2.05, 4.69) is 45.1 Å². The van der Waals surface area contributed by atoms with E-state index >= 15 is 0 Å². The molecule has 0 spiro atoms. The Morgan fingerprint density at radius 2 is 1.64 bits per heavy atom. The van der Waals surface area contributed by atoms with E-state index in [9.17, 15) is 0 Å². The molecule has 3 rings (SSSR count). The van der Waals surface area contributed by atoms with Gasteiger partial charge in [0.05, 0.1) is 0 Å². The van der Waals surface area contributed by atoms with Gasteiger partial charge in [-0.15, -0.1) is 0 Å². The summed E-state index contributed by atoms with van der Waals surface area (Å²) in [7, 11) is 0. The molecule has 0 aliphatic heterocycles. The highest BCUT2D eigenvalue weighted by molar-refractivity contribution is 5.27. The third-order valence-corrected chi connectivity index (χ3v) is 3.11. The van der Waals surface area contributed by atoms with Crippen LogP contribution in [0.4, 0.5) is 0 Å². The van der Waals surface area contributed by atoms with Crippen molar-refractivity contribution in [2.75, 3.05) is 0 Å². The van der Waals surface area contributed by atoms with Crippen molar-refractivity contribution in [2.45, 2.75) is 27.2 Å². The number of rotatable bonds is 0. The lowest BCUT2D eigenvalue weighted by Crippen LogP contribution is -2.35. The SMILES string of the molecule is CC12C=CC(C=C1)C(C)(C)C2. The van der Waals surface area contributed by atoms with E-state index < -0.39 is 0 Å². The molecule has 0 fully saturated rings. The second kappa shape index (κ2) is 1.80. The quantitative estimate of drug-likeness (QED) is 0.463. The zero-order valence-electron chi connectivity index (χ0n) is 7.59. The number of hydrogen-bond donors (Lipinski definition) is 0. The van der Waals surface area contributed by atoms with Gasteiger partial charge < -0.3 is 0 Å². The predicted molar refractivity (Wildman–Crippen MR) is 48.3 cm³/mol. The molecule has 0 amide bonds. The van der Waals surface area contributed by atoms with Gasteiger partial charge >= 0.3 is 0 Å². The molecule has 0 aromatic carbocycles. The lowest BCUT2D eigenvalue weighted by atomic mass is 9.59. The highest BCUT2D eigenvalue weighted by Crippen LogP contribution is 2.50. The molecule has 0 unspecified atom stereocenters. The maximum atomic E-state index is 2.36. The summed E-state index contributed by atoms with van der Waals surface area (Å²) < 4.78 is 0. The summed E-state index contributed by atoms with van der Waals surface area (Å²) in [6.07, 6.45) is 10.8. The van der Waals surface area contributed by atoms with Crippen LogP contribution in [-0.4, -0.2) is 0 Å². The third kappa shape index (κ3) is 0.962. The predicted octanol–water partition coefficient (Wildman–Crippen LogP) is 3.16. The highest BCUT2D eigenvalue weighted by Gasteiger charge is 2.40. The summed E-state index contributed by atoms with van der Waals surface area (Å²) >= 11 is 0. The average Bonchev–Trinajstić information content (AvgIpc) is 1.84. The Morgan fingerprint density at radius 1 is 1.09 bits per heavy atom. The molecule has 0 nitrogen and oxygen atoms in total. The lowest BCUT2D eigenvalue weighted by molar-refractivity contribution is 0.181. The Morgan fingerprint density at radius 3 is 1.91 bits per heavy atom. The second-order valence-electron chi connectivity index (χ2n) is 4.92. The van der Waals surface area contributed by atoms with Gasteiger partial charge in [-0.2, -0.15) is 0 Å². The molecule has 0 aromatic rings. The van der Waals surface area contributed by atoms with Gasteiger partial charge in [0.15, 0.2) is 0 Å². The monoisotopic (exact) mass is 148 g/mol. The fraction of sp³-hybridized carbons (Fsp3) is 0.636. The van der Waals surface area contributed by atoms with Crippen molar-refractivity contribution in [2.24, 2.45) is 16.7 Å². The van der Waals surface area contributed by atoms with Crippen LogP contribution in [0.3, 0.4) is 0 Å². The van der Waals surface area contributed by atoms with Crippen LogP contribution in [-0.2, 0) is 0 Å². The first-order chi connectivity index (χ1) is 5.02. The van der Waals surface area contributed by atoms with E-state index in [4.69, 9.17) is 0 Å². The van der Waals surface area contributed by atoms with Gasteiger partial charge in [0, 0.05) is 5.41 Å². The molecule has 60 valence electrons. The molecule has 0 atom stereocenters. The standard InChI is InChI=1S/C11H16/c1-10(2)8-11(3)6-4-9(10)5-7-11/h4-7,9H,8H2,1-3H3. The zero-order chi connectivity index (χ0) is 8.11. The van der Waals surface area contributed by atoms with E-state index in [-0.39, 0.29) is 0 Å². The minimum atomic E-state index is 0.359. The van der Waals surface area contributed by atoms with Crippen LogP contribution in [0.1, 0.15) is 27.2 Å².